The first-order chi connectivity index (χ1) is 8.20. The fourth-order valence-electron chi connectivity index (χ4n) is 2.91. The molecule has 0 saturated heterocycles. The highest BCUT2D eigenvalue weighted by molar-refractivity contribution is 7.71. The monoisotopic (exact) mass is 252 g/mol. The fourth-order valence-corrected chi connectivity index (χ4v) is 3.22. The summed E-state index contributed by atoms with van der Waals surface area (Å²) in [5, 5.41) is 0. The maximum Gasteiger partial charge on any atom is 0.177 e. The minimum Gasteiger partial charge on any atom is -0.337 e. The summed E-state index contributed by atoms with van der Waals surface area (Å²) in [6, 6.07) is 0.631. The van der Waals surface area contributed by atoms with Gasteiger partial charge in [-0.1, -0.05) is 46.0 Å². The number of hydrogen-bond acceptors (Lipinski definition) is 1. The molecule has 2 rings (SSSR count). The summed E-state index contributed by atoms with van der Waals surface area (Å²) < 4.78 is 3.31. The molecular formula is C14H24N2S. The highest BCUT2D eigenvalue weighted by Gasteiger charge is 2.18. The number of aromatic nitrogens is 2. The molecule has 3 heteroatoms. The lowest BCUT2D eigenvalue weighted by Gasteiger charge is -2.24. The molecule has 1 heterocycles. The molecule has 1 aromatic rings. The number of nitrogens with one attached hydrogen (secondary N) is 1. The lowest BCUT2D eigenvalue weighted by atomic mass is 9.96. The Balaban J connectivity index is 2.24. The summed E-state index contributed by atoms with van der Waals surface area (Å²) in [5.41, 5.74) is 1.38. The normalized spacial score (nSPS) is 19.2. The molecule has 1 aliphatic rings. The van der Waals surface area contributed by atoms with Crippen LogP contribution in [0.1, 0.15) is 76.4 Å². The van der Waals surface area contributed by atoms with Crippen molar-refractivity contribution in [2.75, 3.05) is 0 Å². The van der Waals surface area contributed by atoms with Crippen molar-refractivity contribution in [1.82, 2.24) is 9.55 Å². The van der Waals surface area contributed by atoms with Crippen molar-refractivity contribution in [3.63, 3.8) is 0 Å². The van der Waals surface area contributed by atoms with Crippen molar-refractivity contribution < 1.29 is 0 Å². The molecule has 0 aliphatic heterocycles. The Morgan fingerprint density at radius 1 is 1.18 bits per heavy atom. The highest BCUT2D eigenvalue weighted by atomic mass is 32.1. The number of rotatable bonds is 2. The molecule has 0 spiro atoms. The van der Waals surface area contributed by atoms with Crippen LogP contribution in [0.2, 0.25) is 0 Å². The van der Waals surface area contributed by atoms with Crippen molar-refractivity contribution in [2.24, 2.45) is 0 Å². The highest BCUT2D eigenvalue weighted by Crippen LogP contribution is 2.29. The smallest absolute Gasteiger partial charge is 0.177 e. The van der Waals surface area contributed by atoms with Gasteiger partial charge in [-0.15, -0.1) is 0 Å². The van der Waals surface area contributed by atoms with E-state index in [2.05, 4.69) is 29.6 Å². The SMILES string of the molecule is CC(C)c1c[nH]c(=S)n1C1CCCCCCC1. The van der Waals surface area contributed by atoms with E-state index < -0.39 is 0 Å². The third kappa shape index (κ3) is 3.01. The molecule has 0 bridgehead atoms. The molecule has 96 valence electrons. The molecule has 0 amide bonds. The van der Waals surface area contributed by atoms with E-state index in [0.29, 0.717) is 12.0 Å². The average Bonchev–Trinajstić information content (AvgIpc) is 2.60. The predicted molar refractivity (Wildman–Crippen MR) is 75.1 cm³/mol. The summed E-state index contributed by atoms with van der Waals surface area (Å²) in [5.74, 6) is 0.549. The van der Waals surface area contributed by atoms with Crippen LogP contribution < -0.4 is 0 Å². The first kappa shape index (κ1) is 12.9. The zero-order chi connectivity index (χ0) is 12.3. The van der Waals surface area contributed by atoms with Gasteiger partial charge in [-0.05, 0) is 31.0 Å². The molecule has 1 aliphatic carbocycles. The Kier molecular flexibility index (Phi) is 4.43. The van der Waals surface area contributed by atoms with E-state index in [1.54, 1.807) is 0 Å². The lowest BCUT2D eigenvalue weighted by Crippen LogP contribution is -2.14. The molecule has 1 aromatic heterocycles. The molecule has 1 N–H and O–H groups in total. The molecule has 0 radical (unpaired) electrons. The van der Waals surface area contributed by atoms with E-state index in [0.717, 1.165) is 4.77 Å². The summed E-state index contributed by atoms with van der Waals surface area (Å²) in [6.07, 6.45) is 11.6. The summed E-state index contributed by atoms with van der Waals surface area (Å²) in [6.45, 7) is 4.49. The van der Waals surface area contributed by atoms with Gasteiger partial charge in [-0.3, -0.25) is 0 Å². The van der Waals surface area contributed by atoms with E-state index in [4.69, 9.17) is 12.2 Å². The van der Waals surface area contributed by atoms with Gasteiger partial charge >= 0.3 is 0 Å². The Hall–Kier alpha value is -0.570. The van der Waals surface area contributed by atoms with E-state index >= 15 is 0 Å². The van der Waals surface area contributed by atoms with Crippen LogP contribution >= 0.6 is 12.2 Å². The molecule has 17 heavy (non-hydrogen) atoms. The second-order valence-corrected chi connectivity index (χ2v) is 5.93. The van der Waals surface area contributed by atoms with Crippen molar-refractivity contribution in [1.29, 1.82) is 0 Å². The lowest BCUT2D eigenvalue weighted by molar-refractivity contribution is 0.360. The number of H-pyrrole nitrogens is 1. The van der Waals surface area contributed by atoms with Crippen LogP contribution in [-0.4, -0.2) is 9.55 Å². The number of nitrogens with zero attached hydrogens (tertiary/aromatic N) is 1. The van der Waals surface area contributed by atoms with Crippen molar-refractivity contribution in [3.05, 3.63) is 16.7 Å². The topological polar surface area (TPSA) is 20.7 Å². The second kappa shape index (κ2) is 5.85. The van der Waals surface area contributed by atoms with Gasteiger partial charge in [0.15, 0.2) is 4.77 Å². The minimum absolute atomic E-state index is 0.549. The maximum absolute atomic E-state index is 5.46. The Labute approximate surface area is 109 Å². The van der Waals surface area contributed by atoms with Crippen LogP contribution in [0.3, 0.4) is 0 Å². The van der Waals surface area contributed by atoms with Gasteiger partial charge in [0.25, 0.3) is 0 Å². The Morgan fingerprint density at radius 3 is 2.35 bits per heavy atom. The second-order valence-electron chi connectivity index (χ2n) is 5.54. The van der Waals surface area contributed by atoms with Crippen LogP contribution in [0.4, 0.5) is 0 Å². The van der Waals surface area contributed by atoms with Crippen LogP contribution in [0.5, 0.6) is 0 Å². The molecule has 0 atom stereocenters. The first-order valence-electron chi connectivity index (χ1n) is 7.00. The van der Waals surface area contributed by atoms with Crippen LogP contribution in [0.25, 0.3) is 0 Å². The summed E-state index contributed by atoms with van der Waals surface area (Å²) in [4.78, 5) is 3.23. The number of aromatic amines is 1. The van der Waals surface area contributed by atoms with Gasteiger partial charge in [0.1, 0.15) is 0 Å². The van der Waals surface area contributed by atoms with Crippen molar-refractivity contribution in [3.8, 4) is 0 Å². The minimum atomic E-state index is 0.549. The van der Waals surface area contributed by atoms with Crippen molar-refractivity contribution >= 4 is 12.2 Å². The zero-order valence-corrected chi connectivity index (χ0v) is 11.9. The van der Waals surface area contributed by atoms with E-state index in [1.807, 2.05) is 0 Å². The molecule has 1 saturated carbocycles. The molecular weight excluding hydrogens is 228 g/mol. The third-order valence-electron chi connectivity index (χ3n) is 3.87. The summed E-state index contributed by atoms with van der Waals surface area (Å²) >= 11 is 5.46. The van der Waals surface area contributed by atoms with Gasteiger partial charge in [-0.2, -0.15) is 0 Å². The first-order valence-corrected chi connectivity index (χ1v) is 7.41. The fraction of sp³-hybridized carbons (Fsp3) is 0.786. The van der Waals surface area contributed by atoms with Crippen molar-refractivity contribution in [2.45, 2.75) is 70.8 Å². The average molecular weight is 252 g/mol. The van der Waals surface area contributed by atoms with Crippen LogP contribution in [0.15, 0.2) is 6.20 Å². The van der Waals surface area contributed by atoms with Crippen LogP contribution in [0, 0.1) is 4.77 Å². The van der Waals surface area contributed by atoms with Gasteiger partial charge in [0.2, 0.25) is 0 Å². The Bertz CT molecular complexity index is 395. The third-order valence-corrected chi connectivity index (χ3v) is 4.19. The van der Waals surface area contributed by atoms with Gasteiger partial charge in [0, 0.05) is 17.9 Å². The largest absolute Gasteiger partial charge is 0.337 e. The van der Waals surface area contributed by atoms with Gasteiger partial charge in [0.05, 0.1) is 0 Å². The van der Waals surface area contributed by atoms with Gasteiger partial charge < -0.3 is 9.55 Å². The van der Waals surface area contributed by atoms with Gasteiger partial charge in [-0.25, -0.2) is 0 Å². The molecule has 2 nitrogen and oxygen atoms in total. The number of hydrogen-bond donors (Lipinski definition) is 1. The quantitative estimate of drug-likeness (QED) is 0.738. The Morgan fingerprint density at radius 2 is 1.76 bits per heavy atom. The standard InChI is InChI=1S/C14H24N2S/c1-11(2)13-10-15-14(17)16(13)12-8-6-4-3-5-7-9-12/h10-12H,3-9H2,1-2H3,(H,15,17). The molecule has 0 aromatic carbocycles. The van der Waals surface area contributed by atoms with E-state index in [1.165, 1.54) is 50.6 Å². The number of imidazole rings is 1. The zero-order valence-electron chi connectivity index (χ0n) is 11.0. The molecule has 1 fully saturated rings. The van der Waals surface area contributed by atoms with E-state index in [-0.39, 0.29) is 0 Å². The van der Waals surface area contributed by atoms with E-state index in [9.17, 15) is 0 Å². The summed E-state index contributed by atoms with van der Waals surface area (Å²) in [7, 11) is 0. The van der Waals surface area contributed by atoms with Crippen LogP contribution in [-0.2, 0) is 0 Å². The predicted octanol–water partition coefficient (Wildman–Crippen LogP) is 4.95. The maximum atomic E-state index is 5.46. The molecule has 0 unspecified atom stereocenters.